The summed E-state index contributed by atoms with van der Waals surface area (Å²) in [4.78, 5) is 13.1. The van der Waals surface area contributed by atoms with E-state index in [0.717, 1.165) is 18.8 Å². The maximum absolute atomic E-state index is 11.3. The van der Waals surface area contributed by atoms with Crippen molar-refractivity contribution in [3.63, 3.8) is 0 Å². The van der Waals surface area contributed by atoms with Crippen LogP contribution < -0.4 is 5.32 Å². The fourth-order valence-electron chi connectivity index (χ4n) is 1.70. The van der Waals surface area contributed by atoms with E-state index in [1.54, 1.807) is 9.58 Å². The van der Waals surface area contributed by atoms with Gasteiger partial charge in [-0.2, -0.15) is 0 Å². The Morgan fingerprint density at radius 3 is 2.71 bits per heavy atom. The zero-order chi connectivity index (χ0) is 12.5. The van der Waals surface area contributed by atoms with Gasteiger partial charge in [0.15, 0.2) is 0 Å². The van der Waals surface area contributed by atoms with Crippen molar-refractivity contribution in [2.45, 2.75) is 32.7 Å². The van der Waals surface area contributed by atoms with E-state index in [1.165, 1.54) is 0 Å². The molecule has 2 rings (SSSR count). The zero-order valence-corrected chi connectivity index (χ0v) is 10.6. The number of aromatic nitrogens is 3. The molecule has 1 fully saturated rings. The third-order valence-corrected chi connectivity index (χ3v) is 2.85. The number of carbonyl (C=O) groups is 1. The molecule has 0 spiro atoms. The van der Waals surface area contributed by atoms with Gasteiger partial charge in [-0.3, -0.25) is 4.68 Å². The minimum absolute atomic E-state index is 0.0150. The van der Waals surface area contributed by atoms with Crippen LogP contribution in [-0.4, -0.2) is 45.6 Å². The molecule has 1 aliphatic rings. The monoisotopic (exact) mass is 237 g/mol. The van der Waals surface area contributed by atoms with Gasteiger partial charge >= 0.3 is 6.03 Å². The van der Waals surface area contributed by atoms with Crippen molar-refractivity contribution >= 4 is 6.03 Å². The predicted molar refractivity (Wildman–Crippen MR) is 63.7 cm³/mol. The first-order valence-electron chi connectivity index (χ1n) is 5.90. The van der Waals surface area contributed by atoms with Gasteiger partial charge in [0.25, 0.3) is 0 Å². The second-order valence-electron chi connectivity index (χ2n) is 5.34. The third kappa shape index (κ3) is 2.75. The lowest BCUT2D eigenvalue weighted by Gasteiger charge is -2.14. The molecule has 1 aliphatic heterocycles. The van der Waals surface area contributed by atoms with Crippen LogP contribution in [0.3, 0.4) is 0 Å². The predicted octanol–water partition coefficient (Wildman–Crippen LogP) is 0.601. The van der Waals surface area contributed by atoms with Crippen LogP contribution in [0.1, 0.15) is 26.5 Å². The number of rotatable bonds is 3. The van der Waals surface area contributed by atoms with Crippen LogP contribution in [0.15, 0.2) is 6.20 Å². The van der Waals surface area contributed by atoms with Crippen LogP contribution in [-0.2, 0) is 12.0 Å². The van der Waals surface area contributed by atoms with E-state index >= 15 is 0 Å². The minimum Gasteiger partial charge on any atom is -0.336 e. The molecule has 0 bridgehead atoms. The molecule has 0 atom stereocenters. The third-order valence-electron chi connectivity index (χ3n) is 2.85. The molecule has 2 amide bonds. The van der Waals surface area contributed by atoms with E-state index in [2.05, 4.69) is 36.4 Å². The van der Waals surface area contributed by atoms with Crippen molar-refractivity contribution in [2.24, 2.45) is 0 Å². The Morgan fingerprint density at radius 2 is 2.18 bits per heavy atom. The average Bonchev–Trinajstić information content (AvgIpc) is 2.82. The highest BCUT2D eigenvalue weighted by molar-refractivity contribution is 5.76. The highest BCUT2D eigenvalue weighted by atomic mass is 16.2. The summed E-state index contributed by atoms with van der Waals surface area (Å²) in [6.45, 7) is 9.21. The Labute approximate surface area is 101 Å². The molecule has 0 unspecified atom stereocenters. The summed E-state index contributed by atoms with van der Waals surface area (Å²) < 4.78 is 1.80. The molecular formula is C11H19N5O. The molecule has 1 aromatic heterocycles. The largest absolute Gasteiger partial charge is 0.336 e. The number of amides is 2. The quantitative estimate of drug-likeness (QED) is 0.837. The lowest BCUT2D eigenvalue weighted by atomic mass is 9.93. The fourth-order valence-corrected chi connectivity index (χ4v) is 1.70. The van der Waals surface area contributed by atoms with E-state index in [1.807, 2.05) is 6.20 Å². The summed E-state index contributed by atoms with van der Waals surface area (Å²) >= 11 is 0. The van der Waals surface area contributed by atoms with Gasteiger partial charge in [0.2, 0.25) is 0 Å². The van der Waals surface area contributed by atoms with Gasteiger partial charge in [-0.15, -0.1) is 5.10 Å². The Balaban J connectivity index is 1.91. The topological polar surface area (TPSA) is 63.0 Å². The minimum atomic E-state index is 0.0150. The van der Waals surface area contributed by atoms with Crippen molar-refractivity contribution in [2.75, 3.05) is 19.6 Å². The van der Waals surface area contributed by atoms with Crippen molar-refractivity contribution in [1.82, 2.24) is 25.2 Å². The van der Waals surface area contributed by atoms with E-state index in [0.29, 0.717) is 13.1 Å². The van der Waals surface area contributed by atoms with Gasteiger partial charge in [0, 0.05) is 31.2 Å². The Morgan fingerprint density at radius 1 is 1.41 bits per heavy atom. The highest BCUT2D eigenvalue weighted by Crippen LogP contribution is 2.18. The molecular weight excluding hydrogens is 218 g/mol. The lowest BCUT2D eigenvalue weighted by molar-refractivity contribution is 0.215. The number of carbonyl (C=O) groups excluding carboxylic acids is 1. The van der Waals surface area contributed by atoms with Crippen LogP contribution in [0.25, 0.3) is 0 Å². The van der Waals surface area contributed by atoms with Gasteiger partial charge in [-0.05, 0) is 0 Å². The molecule has 94 valence electrons. The second kappa shape index (κ2) is 4.35. The van der Waals surface area contributed by atoms with Crippen LogP contribution in [0.5, 0.6) is 0 Å². The molecule has 0 aliphatic carbocycles. The summed E-state index contributed by atoms with van der Waals surface area (Å²) in [6, 6.07) is 0.0150. The van der Waals surface area contributed by atoms with Crippen molar-refractivity contribution < 1.29 is 4.79 Å². The molecule has 6 heteroatoms. The number of hydrogen-bond acceptors (Lipinski definition) is 3. The molecule has 17 heavy (non-hydrogen) atoms. The zero-order valence-electron chi connectivity index (χ0n) is 10.6. The van der Waals surface area contributed by atoms with Crippen molar-refractivity contribution in [3.05, 3.63) is 11.9 Å². The molecule has 0 radical (unpaired) electrons. The first kappa shape index (κ1) is 11.9. The number of urea groups is 1. The van der Waals surface area contributed by atoms with Crippen LogP contribution in [0, 0.1) is 0 Å². The lowest BCUT2D eigenvalue weighted by Crippen LogP contribution is -2.31. The van der Waals surface area contributed by atoms with Crippen LogP contribution >= 0.6 is 0 Å². The van der Waals surface area contributed by atoms with Crippen LogP contribution in [0.4, 0.5) is 4.79 Å². The highest BCUT2D eigenvalue weighted by Gasteiger charge is 2.20. The molecule has 0 saturated carbocycles. The van der Waals surface area contributed by atoms with E-state index in [-0.39, 0.29) is 11.4 Å². The summed E-state index contributed by atoms with van der Waals surface area (Å²) in [5.41, 5.74) is 0.992. The van der Waals surface area contributed by atoms with Gasteiger partial charge in [0.1, 0.15) is 0 Å². The molecule has 1 aromatic rings. The van der Waals surface area contributed by atoms with E-state index in [9.17, 15) is 4.79 Å². The Kier molecular flexibility index (Phi) is 3.04. The van der Waals surface area contributed by atoms with Crippen LogP contribution in [0.2, 0.25) is 0 Å². The van der Waals surface area contributed by atoms with Gasteiger partial charge in [-0.25, -0.2) is 4.79 Å². The molecule has 1 saturated heterocycles. The Hall–Kier alpha value is -1.59. The van der Waals surface area contributed by atoms with E-state index in [4.69, 9.17) is 0 Å². The summed E-state index contributed by atoms with van der Waals surface area (Å²) in [6.07, 6.45) is 1.95. The first-order chi connectivity index (χ1) is 7.97. The number of nitrogens with zero attached hydrogens (tertiary/aromatic N) is 4. The van der Waals surface area contributed by atoms with E-state index < -0.39 is 0 Å². The van der Waals surface area contributed by atoms with Gasteiger partial charge in [-0.1, -0.05) is 26.0 Å². The number of nitrogens with one attached hydrogen (secondary N) is 1. The summed E-state index contributed by atoms with van der Waals surface area (Å²) in [5.74, 6) is 0. The second-order valence-corrected chi connectivity index (χ2v) is 5.34. The SMILES string of the molecule is CC(C)(C)c1cn(CCN2CCNC2=O)nn1. The van der Waals surface area contributed by atoms with Gasteiger partial charge < -0.3 is 10.2 Å². The average molecular weight is 237 g/mol. The van der Waals surface area contributed by atoms with Crippen molar-refractivity contribution in [1.29, 1.82) is 0 Å². The van der Waals surface area contributed by atoms with Crippen molar-refractivity contribution in [3.8, 4) is 0 Å². The Bertz CT molecular complexity index is 406. The normalized spacial score (nSPS) is 16.4. The molecule has 6 nitrogen and oxygen atoms in total. The number of hydrogen-bond donors (Lipinski definition) is 1. The summed E-state index contributed by atoms with van der Waals surface area (Å²) in [7, 11) is 0. The molecule has 0 aromatic carbocycles. The smallest absolute Gasteiger partial charge is 0.317 e. The maximum atomic E-state index is 11.3. The first-order valence-corrected chi connectivity index (χ1v) is 5.90. The molecule has 1 N–H and O–H groups in total. The standard InChI is InChI=1S/C11H19N5O/c1-11(2,3)9-8-16(14-13-9)7-6-15-5-4-12-10(15)17/h8H,4-7H2,1-3H3,(H,12,17). The fraction of sp³-hybridized carbons (Fsp3) is 0.727. The maximum Gasteiger partial charge on any atom is 0.317 e. The van der Waals surface area contributed by atoms with Gasteiger partial charge in [0.05, 0.1) is 12.2 Å². The summed E-state index contributed by atoms with van der Waals surface area (Å²) in [5, 5.41) is 11.0. The molecule has 2 heterocycles.